The van der Waals surface area contributed by atoms with Crippen molar-refractivity contribution in [3.05, 3.63) is 50.7 Å². The maximum absolute atomic E-state index is 12.4. The Hall–Kier alpha value is -2.48. The number of hydrogen-bond donors (Lipinski definition) is 2. The SMILES string of the molecule is Cc1cc(C(=O)NCc2ccc(C(=O)O)s2)cc(C)c1OC(F)F. The minimum Gasteiger partial charge on any atom is -0.477 e. The fraction of sp³-hybridized carbons (Fsp3) is 0.250. The van der Waals surface area contributed by atoms with Crippen LogP contribution in [0.4, 0.5) is 8.78 Å². The molecule has 5 nitrogen and oxygen atoms in total. The number of ether oxygens (including phenoxy) is 1. The molecule has 0 spiro atoms. The number of hydrogen-bond acceptors (Lipinski definition) is 4. The summed E-state index contributed by atoms with van der Waals surface area (Å²) >= 11 is 1.08. The summed E-state index contributed by atoms with van der Waals surface area (Å²) in [5.41, 5.74) is 1.19. The maximum atomic E-state index is 12.4. The summed E-state index contributed by atoms with van der Waals surface area (Å²) in [6.45, 7) is 0.425. The summed E-state index contributed by atoms with van der Waals surface area (Å²) in [5.74, 6) is -1.33. The van der Waals surface area contributed by atoms with Gasteiger partial charge in [-0.15, -0.1) is 11.3 Å². The lowest BCUT2D eigenvalue weighted by molar-refractivity contribution is -0.0507. The Labute approximate surface area is 140 Å². The van der Waals surface area contributed by atoms with E-state index in [1.54, 1.807) is 19.9 Å². The molecule has 0 saturated carbocycles. The van der Waals surface area contributed by atoms with Crippen molar-refractivity contribution < 1.29 is 28.2 Å². The number of thiophene rings is 1. The zero-order valence-corrected chi connectivity index (χ0v) is 13.7. The number of aryl methyl sites for hydroxylation is 2. The molecule has 24 heavy (non-hydrogen) atoms. The van der Waals surface area contributed by atoms with Crippen LogP contribution in [-0.2, 0) is 6.54 Å². The van der Waals surface area contributed by atoms with Crippen molar-refractivity contribution >= 4 is 23.2 Å². The Morgan fingerprint density at radius 3 is 2.38 bits per heavy atom. The molecular formula is C16H15F2NO4S. The molecule has 2 rings (SSSR count). The van der Waals surface area contributed by atoms with E-state index in [1.165, 1.54) is 18.2 Å². The van der Waals surface area contributed by atoms with Crippen LogP contribution in [0.1, 0.15) is 36.0 Å². The van der Waals surface area contributed by atoms with E-state index < -0.39 is 12.6 Å². The third-order valence-corrected chi connectivity index (χ3v) is 4.30. The lowest BCUT2D eigenvalue weighted by Gasteiger charge is -2.13. The van der Waals surface area contributed by atoms with E-state index in [-0.39, 0.29) is 23.1 Å². The number of amides is 1. The number of alkyl halides is 2. The number of carbonyl (C=O) groups excluding carboxylic acids is 1. The van der Waals surface area contributed by atoms with Crippen LogP contribution < -0.4 is 10.1 Å². The van der Waals surface area contributed by atoms with Gasteiger partial charge < -0.3 is 15.2 Å². The molecule has 0 aliphatic carbocycles. The van der Waals surface area contributed by atoms with Crippen molar-refractivity contribution in [2.45, 2.75) is 27.0 Å². The number of halogens is 2. The summed E-state index contributed by atoms with van der Waals surface area (Å²) in [7, 11) is 0. The first kappa shape index (κ1) is 17.9. The van der Waals surface area contributed by atoms with E-state index in [1.807, 2.05) is 0 Å². The number of carboxylic acid groups (broad SMARTS) is 1. The van der Waals surface area contributed by atoms with E-state index in [0.717, 1.165) is 11.3 Å². The lowest BCUT2D eigenvalue weighted by Crippen LogP contribution is -2.22. The van der Waals surface area contributed by atoms with Crippen LogP contribution in [0.15, 0.2) is 24.3 Å². The number of carboxylic acids is 1. The van der Waals surface area contributed by atoms with Crippen LogP contribution in [-0.4, -0.2) is 23.6 Å². The molecule has 1 amide bonds. The van der Waals surface area contributed by atoms with E-state index >= 15 is 0 Å². The normalized spacial score (nSPS) is 10.7. The molecule has 1 aromatic carbocycles. The Morgan fingerprint density at radius 2 is 1.88 bits per heavy atom. The Balaban J connectivity index is 2.08. The van der Waals surface area contributed by atoms with E-state index in [0.29, 0.717) is 21.6 Å². The summed E-state index contributed by atoms with van der Waals surface area (Å²) in [4.78, 5) is 23.9. The molecule has 8 heteroatoms. The monoisotopic (exact) mass is 355 g/mol. The van der Waals surface area contributed by atoms with Crippen molar-refractivity contribution in [3.63, 3.8) is 0 Å². The molecule has 128 valence electrons. The molecule has 0 aliphatic heterocycles. The average molecular weight is 355 g/mol. The van der Waals surface area contributed by atoms with Crippen LogP contribution >= 0.6 is 11.3 Å². The first-order valence-corrected chi connectivity index (χ1v) is 7.76. The van der Waals surface area contributed by atoms with Gasteiger partial charge in [0.05, 0.1) is 6.54 Å². The standard InChI is InChI=1S/C16H15F2NO4S/c1-8-5-10(6-9(2)13(8)23-16(17)18)14(20)19-7-11-3-4-12(24-11)15(21)22/h3-6,16H,7H2,1-2H3,(H,19,20)(H,21,22). The van der Waals surface area contributed by atoms with E-state index in [2.05, 4.69) is 10.1 Å². The first-order chi connectivity index (χ1) is 11.3. The highest BCUT2D eigenvalue weighted by Gasteiger charge is 2.15. The Morgan fingerprint density at radius 1 is 1.25 bits per heavy atom. The largest absolute Gasteiger partial charge is 0.477 e. The predicted molar refractivity (Wildman–Crippen MR) is 85.0 cm³/mol. The van der Waals surface area contributed by atoms with Gasteiger partial charge in [-0.1, -0.05) is 0 Å². The third kappa shape index (κ3) is 4.29. The Kier molecular flexibility index (Phi) is 5.50. The molecule has 2 aromatic rings. The molecule has 1 aromatic heterocycles. The minimum atomic E-state index is -2.93. The van der Waals surface area contributed by atoms with Gasteiger partial charge in [0, 0.05) is 10.4 Å². The van der Waals surface area contributed by atoms with Crippen LogP contribution in [0.2, 0.25) is 0 Å². The zero-order valence-electron chi connectivity index (χ0n) is 12.9. The van der Waals surface area contributed by atoms with Gasteiger partial charge in [-0.2, -0.15) is 8.78 Å². The van der Waals surface area contributed by atoms with Gasteiger partial charge >= 0.3 is 12.6 Å². The number of rotatable bonds is 6. The van der Waals surface area contributed by atoms with Gasteiger partial charge in [0.1, 0.15) is 10.6 Å². The van der Waals surface area contributed by atoms with E-state index in [4.69, 9.17) is 5.11 Å². The molecule has 0 atom stereocenters. The number of nitrogens with one attached hydrogen (secondary N) is 1. The molecule has 0 saturated heterocycles. The molecule has 1 heterocycles. The van der Waals surface area contributed by atoms with Gasteiger partial charge in [-0.3, -0.25) is 4.79 Å². The fourth-order valence-corrected chi connectivity index (χ4v) is 3.00. The topological polar surface area (TPSA) is 75.6 Å². The average Bonchev–Trinajstić information content (AvgIpc) is 2.97. The first-order valence-electron chi connectivity index (χ1n) is 6.94. The van der Waals surface area contributed by atoms with Crippen molar-refractivity contribution in [1.82, 2.24) is 5.32 Å². The molecule has 0 fully saturated rings. The number of aromatic carboxylic acids is 1. The second-order valence-corrected chi connectivity index (χ2v) is 6.24. The van der Waals surface area contributed by atoms with E-state index in [9.17, 15) is 18.4 Å². The smallest absolute Gasteiger partial charge is 0.387 e. The summed E-state index contributed by atoms with van der Waals surface area (Å²) in [6, 6.07) is 6.04. The van der Waals surface area contributed by atoms with Gasteiger partial charge in [-0.25, -0.2) is 4.79 Å². The number of carbonyl (C=O) groups is 2. The third-order valence-electron chi connectivity index (χ3n) is 3.23. The van der Waals surface area contributed by atoms with Gasteiger partial charge in [0.15, 0.2) is 0 Å². The summed E-state index contributed by atoms with van der Waals surface area (Å²) < 4.78 is 29.2. The molecular weight excluding hydrogens is 340 g/mol. The van der Waals surface area contributed by atoms with Crippen LogP contribution in [0.3, 0.4) is 0 Å². The van der Waals surface area contributed by atoms with Crippen LogP contribution in [0, 0.1) is 13.8 Å². The van der Waals surface area contributed by atoms with Gasteiger partial charge in [0.2, 0.25) is 0 Å². The molecule has 0 radical (unpaired) electrons. The molecule has 0 bridgehead atoms. The van der Waals surface area contributed by atoms with Crippen LogP contribution in [0.25, 0.3) is 0 Å². The second-order valence-electron chi connectivity index (χ2n) is 5.07. The highest BCUT2D eigenvalue weighted by atomic mass is 32.1. The van der Waals surface area contributed by atoms with Gasteiger partial charge in [-0.05, 0) is 49.2 Å². The second kappa shape index (κ2) is 7.39. The fourth-order valence-electron chi connectivity index (χ4n) is 2.21. The summed E-state index contributed by atoms with van der Waals surface area (Å²) in [5, 5.41) is 11.5. The van der Waals surface area contributed by atoms with Crippen molar-refractivity contribution in [2.75, 3.05) is 0 Å². The number of benzene rings is 1. The van der Waals surface area contributed by atoms with Crippen molar-refractivity contribution in [2.24, 2.45) is 0 Å². The maximum Gasteiger partial charge on any atom is 0.387 e. The molecule has 2 N–H and O–H groups in total. The van der Waals surface area contributed by atoms with Gasteiger partial charge in [0.25, 0.3) is 5.91 Å². The minimum absolute atomic E-state index is 0.0610. The van der Waals surface area contributed by atoms with Crippen molar-refractivity contribution in [1.29, 1.82) is 0 Å². The predicted octanol–water partition coefficient (Wildman–Crippen LogP) is 3.59. The Bertz CT molecular complexity index is 750. The molecule has 0 unspecified atom stereocenters. The quantitative estimate of drug-likeness (QED) is 0.830. The lowest BCUT2D eigenvalue weighted by atomic mass is 10.1. The van der Waals surface area contributed by atoms with Crippen LogP contribution in [0.5, 0.6) is 5.75 Å². The molecule has 0 aliphatic rings. The highest BCUT2D eigenvalue weighted by Crippen LogP contribution is 2.26. The summed E-state index contributed by atoms with van der Waals surface area (Å²) in [6.07, 6.45) is 0. The highest BCUT2D eigenvalue weighted by molar-refractivity contribution is 7.13. The zero-order chi connectivity index (χ0) is 17.9. The van der Waals surface area contributed by atoms with Crippen molar-refractivity contribution in [3.8, 4) is 5.75 Å².